The number of benzene rings is 1. The Labute approximate surface area is 183 Å². The van der Waals surface area contributed by atoms with Gasteiger partial charge in [0.2, 0.25) is 0 Å². The van der Waals surface area contributed by atoms with E-state index in [1.165, 1.54) is 9.80 Å². The second-order valence-corrected chi connectivity index (χ2v) is 9.58. The topological polar surface area (TPSA) is 67.8 Å². The maximum Gasteiger partial charge on any atom is 0.137 e. The molecule has 1 rings (SSSR count). The molecule has 1 aromatic rings. The van der Waals surface area contributed by atoms with Crippen LogP contribution in [0, 0.1) is 0 Å². The third-order valence-corrected chi connectivity index (χ3v) is 5.62. The SMILES string of the molecule is CC(C)[NH+](C[C@@H](O)COc1ccc(OC[C@H](O)C[NH+](C(C)C)C(C)C)cc1)C(C)C. The zero-order chi connectivity index (χ0) is 22.8. The van der Waals surface area contributed by atoms with Gasteiger partial charge in [0, 0.05) is 0 Å². The minimum Gasteiger partial charge on any atom is -0.491 e. The molecule has 4 N–H and O–H groups in total. The quantitative estimate of drug-likeness (QED) is 0.351. The van der Waals surface area contributed by atoms with E-state index in [1.807, 2.05) is 24.3 Å². The molecule has 0 aliphatic carbocycles. The summed E-state index contributed by atoms with van der Waals surface area (Å²) in [4.78, 5) is 2.73. The molecule has 1 aromatic carbocycles. The Hall–Kier alpha value is -1.34. The summed E-state index contributed by atoms with van der Waals surface area (Å²) in [6, 6.07) is 9.19. The Bertz CT molecular complexity index is 508. The normalized spacial score (nSPS) is 14.4. The van der Waals surface area contributed by atoms with Crippen LogP contribution in [0.3, 0.4) is 0 Å². The van der Waals surface area contributed by atoms with Crippen molar-refractivity contribution in [2.45, 2.75) is 91.8 Å². The van der Waals surface area contributed by atoms with E-state index in [0.717, 1.165) is 0 Å². The average molecular weight is 427 g/mol. The lowest BCUT2D eigenvalue weighted by Gasteiger charge is -2.29. The molecule has 0 unspecified atom stereocenters. The van der Waals surface area contributed by atoms with Gasteiger partial charge in [-0.25, -0.2) is 0 Å². The predicted octanol–water partition coefficient (Wildman–Crippen LogP) is 0.569. The highest BCUT2D eigenvalue weighted by Gasteiger charge is 2.22. The molecule has 30 heavy (non-hydrogen) atoms. The maximum absolute atomic E-state index is 10.3. The van der Waals surface area contributed by atoms with Gasteiger partial charge in [-0.15, -0.1) is 0 Å². The summed E-state index contributed by atoms with van der Waals surface area (Å²) in [5, 5.41) is 20.7. The molecule has 0 spiro atoms. The fraction of sp³-hybridized carbons (Fsp3) is 0.750. The van der Waals surface area contributed by atoms with Crippen LogP contribution < -0.4 is 19.3 Å². The summed E-state index contributed by atoms with van der Waals surface area (Å²) in [6.45, 7) is 19.2. The van der Waals surface area contributed by atoms with Crippen LogP contribution in [0.1, 0.15) is 55.4 Å². The van der Waals surface area contributed by atoms with Crippen molar-refractivity contribution in [3.05, 3.63) is 24.3 Å². The van der Waals surface area contributed by atoms with Crippen molar-refractivity contribution in [1.82, 2.24) is 0 Å². The highest BCUT2D eigenvalue weighted by Crippen LogP contribution is 2.17. The van der Waals surface area contributed by atoms with E-state index in [4.69, 9.17) is 9.47 Å². The van der Waals surface area contributed by atoms with Gasteiger partial charge in [0.1, 0.15) is 50.0 Å². The first kappa shape index (κ1) is 26.7. The third-order valence-electron chi connectivity index (χ3n) is 5.62. The summed E-state index contributed by atoms with van der Waals surface area (Å²) in [5.41, 5.74) is 0. The third kappa shape index (κ3) is 9.65. The molecule has 0 heterocycles. The van der Waals surface area contributed by atoms with Gasteiger partial charge < -0.3 is 29.5 Å². The molecule has 0 saturated carbocycles. The number of aliphatic hydroxyl groups is 2. The molecule has 0 fully saturated rings. The van der Waals surface area contributed by atoms with Crippen molar-refractivity contribution in [3.63, 3.8) is 0 Å². The average Bonchev–Trinajstić information content (AvgIpc) is 2.66. The van der Waals surface area contributed by atoms with E-state index in [0.29, 0.717) is 48.8 Å². The molecule has 0 radical (unpaired) electrons. The van der Waals surface area contributed by atoms with Gasteiger partial charge in [0.15, 0.2) is 0 Å². The minimum atomic E-state index is -0.511. The van der Waals surface area contributed by atoms with Gasteiger partial charge in [0.05, 0.1) is 24.2 Å². The van der Waals surface area contributed by atoms with E-state index in [1.54, 1.807) is 0 Å². The second-order valence-electron chi connectivity index (χ2n) is 9.58. The van der Waals surface area contributed by atoms with Crippen LogP contribution in [0.4, 0.5) is 0 Å². The number of nitrogens with one attached hydrogen (secondary N) is 2. The number of hydrogen-bond acceptors (Lipinski definition) is 4. The Morgan fingerprint density at radius 2 is 0.867 bits per heavy atom. The van der Waals surface area contributed by atoms with Crippen molar-refractivity contribution in [2.24, 2.45) is 0 Å². The maximum atomic E-state index is 10.3. The van der Waals surface area contributed by atoms with Gasteiger partial charge in [-0.3, -0.25) is 0 Å². The number of ether oxygens (including phenoxy) is 2. The zero-order valence-corrected chi connectivity index (χ0v) is 20.3. The van der Waals surface area contributed by atoms with Gasteiger partial charge in [-0.1, -0.05) is 0 Å². The Morgan fingerprint density at radius 1 is 0.600 bits per heavy atom. The summed E-state index contributed by atoms with van der Waals surface area (Å²) in [5.74, 6) is 1.40. The van der Waals surface area contributed by atoms with Gasteiger partial charge in [-0.2, -0.15) is 0 Å². The molecule has 2 atom stereocenters. The molecule has 0 aliphatic rings. The van der Waals surface area contributed by atoms with Crippen molar-refractivity contribution in [3.8, 4) is 11.5 Å². The Kier molecular flexibility index (Phi) is 11.7. The lowest BCUT2D eigenvalue weighted by molar-refractivity contribution is -0.945. The number of quaternary nitrogens is 2. The molecular weight excluding hydrogens is 380 g/mol. The van der Waals surface area contributed by atoms with Crippen molar-refractivity contribution < 1.29 is 29.5 Å². The first-order valence-electron chi connectivity index (χ1n) is 11.4. The molecular formula is C24H46N2O4+2. The minimum absolute atomic E-state index is 0.269. The summed E-state index contributed by atoms with van der Waals surface area (Å²) in [7, 11) is 0. The number of hydrogen-bond donors (Lipinski definition) is 4. The first-order chi connectivity index (χ1) is 14.0. The lowest BCUT2D eigenvalue weighted by atomic mass is 10.2. The van der Waals surface area contributed by atoms with Crippen LogP contribution in [-0.2, 0) is 0 Å². The van der Waals surface area contributed by atoms with Gasteiger partial charge in [-0.05, 0) is 79.7 Å². The largest absolute Gasteiger partial charge is 0.491 e. The molecule has 6 heteroatoms. The Morgan fingerprint density at radius 3 is 1.10 bits per heavy atom. The van der Waals surface area contributed by atoms with E-state index in [2.05, 4.69) is 55.4 Å². The van der Waals surface area contributed by atoms with Crippen LogP contribution in [0.15, 0.2) is 24.3 Å². The monoisotopic (exact) mass is 426 g/mol. The second kappa shape index (κ2) is 13.2. The standard InChI is InChI=1S/C24H44N2O4/c1-17(2)25(18(3)4)13-21(27)15-29-23-9-11-24(12-10-23)30-16-22(28)14-26(19(5)6)20(7)8/h9-12,17-22,27-28H,13-16H2,1-8H3/p+2/t21-,22-/m1/s1. The van der Waals surface area contributed by atoms with Crippen LogP contribution in [0.5, 0.6) is 11.5 Å². The summed E-state index contributed by atoms with van der Waals surface area (Å²) >= 11 is 0. The van der Waals surface area contributed by atoms with Gasteiger partial charge in [0.25, 0.3) is 0 Å². The van der Waals surface area contributed by atoms with E-state index in [-0.39, 0.29) is 13.2 Å². The fourth-order valence-corrected chi connectivity index (χ4v) is 3.96. The number of rotatable bonds is 14. The lowest BCUT2D eigenvalue weighted by Crippen LogP contribution is -3.18. The van der Waals surface area contributed by atoms with Crippen LogP contribution in [0.2, 0.25) is 0 Å². The molecule has 0 amide bonds. The first-order valence-corrected chi connectivity index (χ1v) is 11.4. The van der Waals surface area contributed by atoms with Crippen LogP contribution in [-0.4, -0.2) is 72.9 Å². The summed E-state index contributed by atoms with van der Waals surface area (Å²) in [6.07, 6.45) is -1.02. The van der Waals surface area contributed by atoms with E-state index >= 15 is 0 Å². The molecule has 6 nitrogen and oxygen atoms in total. The van der Waals surface area contributed by atoms with E-state index < -0.39 is 12.2 Å². The van der Waals surface area contributed by atoms with Crippen molar-refractivity contribution in [1.29, 1.82) is 0 Å². The molecule has 0 bridgehead atoms. The highest BCUT2D eigenvalue weighted by atomic mass is 16.5. The van der Waals surface area contributed by atoms with E-state index in [9.17, 15) is 10.2 Å². The molecule has 0 aromatic heterocycles. The van der Waals surface area contributed by atoms with Crippen LogP contribution in [0.25, 0.3) is 0 Å². The highest BCUT2D eigenvalue weighted by molar-refractivity contribution is 5.31. The fourth-order valence-electron chi connectivity index (χ4n) is 3.96. The van der Waals surface area contributed by atoms with Crippen molar-refractivity contribution >= 4 is 0 Å². The summed E-state index contributed by atoms with van der Waals surface area (Å²) < 4.78 is 11.5. The zero-order valence-electron chi connectivity index (χ0n) is 20.3. The predicted molar refractivity (Wildman–Crippen MR) is 122 cm³/mol. The van der Waals surface area contributed by atoms with Crippen LogP contribution >= 0.6 is 0 Å². The smallest absolute Gasteiger partial charge is 0.137 e. The molecule has 0 aliphatic heterocycles. The Balaban J connectivity index is 2.44. The van der Waals surface area contributed by atoms with Crippen molar-refractivity contribution in [2.75, 3.05) is 26.3 Å². The molecule has 174 valence electrons. The molecule has 0 saturated heterocycles. The van der Waals surface area contributed by atoms with Gasteiger partial charge >= 0.3 is 0 Å². The number of aliphatic hydroxyl groups excluding tert-OH is 2.